The number of hydrogen-bond donors (Lipinski definition) is 1. The van der Waals surface area contributed by atoms with Crippen LogP contribution in [0, 0.1) is 5.92 Å². The Morgan fingerprint density at radius 2 is 1.72 bits per heavy atom. The van der Waals surface area contributed by atoms with Gasteiger partial charge >= 0.3 is 12.1 Å². The second-order valence-electron chi connectivity index (χ2n) is 7.17. The molecule has 1 N–H and O–H groups in total. The molecule has 0 unspecified atom stereocenters. The van der Waals surface area contributed by atoms with Gasteiger partial charge in [0.15, 0.2) is 0 Å². The Morgan fingerprint density at radius 3 is 2.28 bits per heavy atom. The zero-order valence-corrected chi connectivity index (χ0v) is 15.7. The number of likely N-dealkylation sites (tertiary alicyclic amines) is 1. The van der Waals surface area contributed by atoms with Gasteiger partial charge in [-0.3, -0.25) is 9.59 Å². The number of halogens is 3. The molecule has 1 amide bonds. The standard InChI is InChI=1S/C20H20F3N3O3/c1-12-2-5-15(18(28)29)11-26(12)17(27)8-13-3-6-14(7-4-13)16-9-24-19(25-10-16)20(21,22)23/h3-4,6-7,9-10,12,15H,2,5,8,11H2,1H3,(H,28,29)/t12-,15+/m0/s1. The largest absolute Gasteiger partial charge is 0.481 e. The Hall–Kier alpha value is -2.97. The molecule has 1 aromatic carbocycles. The minimum absolute atomic E-state index is 0.0123. The van der Waals surface area contributed by atoms with Crippen LogP contribution in [-0.4, -0.2) is 44.4 Å². The minimum atomic E-state index is -4.59. The number of carboxylic acid groups (broad SMARTS) is 1. The fourth-order valence-electron chi connectivity index (χ4n) is 3.37. The van der Waals surface area contributed by atoms with Gasteiger partial charge in [0, 0.05) is 30.5 Å². The molecule has 0 spiro atoms. The highest BCUT2D eigenvalue weighted by molar-refractivity contribution is 5.80. The number of carbonyl (C=O) groups is 2. The molecule has 0 radical (unpaired) electrons. The SMILES string of the molecule is C[C@H]1CC[C@@H](C(=O)O)CN1C(=O)Cc1ccc(-c2cnc(C(F)(F)F)nc2)cc1. The first-order valence-electron chi connectivity index (χ1n) is 9.16. The third-order valence-corrected chi connectivity index (χ3v) is 5.10. The molecule has 6 nitrogen and oxygen atoms in total. The molecule has 9 heteroatoms. The van der Waals surface area contributed by atoms with Crippen molar-refractivity contribution in [1.82, 2.24) is 14.9 Å². The first-order valence-corrected chi connectivity index (χ1v) is 9.16. The molecule has 29 heavy (non-hydrogen) atoms. The molecular weight excluding hydrogens is 387 g/mol. The Labute approximate surface area is 165 Å². The lowest BCUT2D eigenvalue weighted by molar-refractivity contribution is -0.147. The summed E-state index contributed by atoms with van der Waals surface area (Å²) in [5.41, 5.74) is 1.80. The average Bonchev–Trinajstić information content (AvgIpc) is 2.68. The van der Waals surface area contributed by atoms with E-state index in [1.54, 1.807) is 29.2 Å². The number of carbonyl (C=O) groups excluding carboxylic acids is 1. The number of rotatable bonds is 4. The summed E-state index contributed by atoms with van der Waals surface area (Å²) in [4.78, 5) is 32.2. The second kappa shape index (κ2) is 8.18. The normalized spacial score (nSPS) is 19.8. The molecule has 154 valence electrons. The second-order valence-corrected chi connectivity index (χ2v) is 7.17. The van der Waals surface area contributed by atoms with E-state index in [0.29, 0.717) is 24.0 Å². The van der Waals surface area contributed by atoms with Crippen LogP contribution < -0.4 is 0 Å². The van der Waals surface area contributed by atoms with E-state index in [0.717, 1.165) is 18.0 Å². The van der Waals surface area contributed by atoms with Crippen LogP contribution >= 0.6 is 0 Å². The van der Waals surface area contributed by atoms with Gasteiger partial charge in [0.2, 0.25) is 11.7 Å². The highest BCUT2D eigenvalue weighted by Crippen LogP contribution is 2.27. The smallest absolute Gasteiger partial charge is 0.451 e. The van der Waals surface area contributed by atoms with Crippen LogP contribution in [0.4, 0.5) is 13.2 Å². The average molecular weight is 407 g/mol. The maximum Gasteiger partial charge on any atom is 0.451 e. The van der Waals surface area contributed by atoms with Crippen LogP contribution in [0.5, 0.6) is 0 Å². The number of carboxylic acids is 1. The van der Waals surface area contributed by atoms with Gasteiger partial charge in [-0.1, -0.05) is 24.3 Å². The molecule has 2 atom stereocenters. The molecule has 3 rings (SSSR count). The van der Waals surface area contributed by atoms with E-state index in [9.17, 15) is 27.9 Å². The van der Waals surface area contributed by atoms with Crippen molar-refractivity contribution >= 4 is 11.9 Å². The Kier molecular flexibility index (Phi) is 5.86. The summed E-state index contributed by atoms with van der Waals surface area (Å²) in [5, 5.41) is 9.20. The van der Waals surface area contributed by atoms with E-state index in [1.807, 2.05) is 6.92 Å². The van der Waals surface area contributed by atoms with Crippen LogP contribution in [0.15, 0.2) is 36.7 Å². The van der Waals surface area contributed by atoms with E-state index in [2.05, 4.69) is 9.97 Å². The number of aromatic nitrogens is 2. The van der Waals surface area contributed by atoms with E-state index < -0.39 is 23.9 Å². The van der Waals surface area contributed by atoms with Crippen LogP contribution in [0.1, 0.15) is 31.2 Å². The zero-order valence-electron chi connectivity index (χ0n) is 15.7. The lowest BCUT2D eigenvalue weighted by Gasteiger charge is -2.36. The van der Waals surface area contributed by atoms with Crippen molar-refractivity contribution in [3.63, 3.8) is 0 Å². The van der Waals surface area contributed by atoms with Crippen molar-refractivity contribution in [1.29, 1.82) is 0 Å². The van der Waals surface area contributed by atoms with Gasteiger partial charge in [0.1, 0.15) is 0 Å². The van der Waals surface area contributed by atoms with Gasteiger partial charge in [-0.15, -0.1) is 0 Å². The van der Waals surface area contributed by atoms with Crippen molar-refractivity contribution in [3.05, 3.63) is 48.0 Å². The van der Waals surface area contributed by atoms with Crippen molar-refractivity contribution in [2.45, 2.75) is 38.4 Å². The van der Waals surface area contributed by atoms with Gasteiger partial charge < -0.3 is 10.0 Å². The van der Waals surface area contributed by atoms with Crippen molar-refractivity contribution in [2.75, 3.05) is 6.54 Å². The summed E-state index contributed by atoms with van der Waals surface area (Å²) in [6, 6.07) is 6.80. The predicted molar refractivity (Wildman–Crippen MR) is 97.7 cm³/mol. The van der Waals surface area contributed by atoms with Gasteiger partial charge in [0.25, 0.3) is 0 Å². The monoisotopic (exact) mass is 407 g/mol. The maximum absolute atomic E-state index is 12.6. The summed E-state index contributed by atoms with van der Waals surface area (Å²) in [7, 11) is 0. The van der Waals surface area contributed by atoms with E-state index in [4.69, 9.17) is 0 Å². The van der Waals surface area contributed by atoms with E-state index in [-0.39, 0.29) is 24.9 Å². The highest BCUT2D eigenvalue weighted by Gasteiger charge is 2.34. The number of aliphatic carboxylic acids is 1. The molecule has 1 aliphatic heterocycles. The lowest BCUT2D eigenvalue weighted by atomic mass is 9.93. The third kappa shape index (κ3) is 4.90. The molecule has 0 aliphatic carbocycles. The molecular formula is C20H20F3N3O3. The quantitative estimate of drug-likeness (QED) is 0.840. The molecule has 2 heterocycles. The van der Waals surface area contributed by atoms with Crippen LogP contribution in [0.2, 0.25) is 0 Å². The van der Waals surface area contributed by atoms with Gasteiger partial charge in [-0.25, -0.2) is 9.97 Å². The fourth-order valence-corrected chi connectivity index (χ4v) is 3.37. The zero-order chi connectivity index (χ0) is 21.2. The first kappa shape index (κ1) is 20.8. The Morgan fingerprint density at radius 1 is 1.10 bits per heavy atom. The van der Waals surface area contributed by atoms with E-state index in [1.165, 1.54) is 0 Å². The summed E-state index contributed by atoms with van der Waals surface area (Å²) >= 11 is 0. The third-order valence-electron chi connectivity index (χ3n) is 5.10. The number of piperidine rings is 1. The summed E-state index contributed by atoms with van der Waals surface area (Å²) in [6.07, 6.45) is -1.04. The van der Waals surface area contributed by atoms with Gasteiger partial charge in [-0.05, 0) is 30.9 Å². The maximum atomic E-state index is 12.6. The van der Waals surface area contributed by atoms with E-state index >= 15 is 0 Å². The number of hydrogen-bond acceptors (Lipinski definition) is 4. The van der Waals surface area contributed by atoms with Crippen LogP contribution in [-0.2, 0) is 22.2 Å². The van der Waals surface area contributed by atoms with Crippen molar-refractivity contribution < 1.29 is 27.9 Å². The van der Waals surface area contributed by atoms with Crippen molar-refractivity contribution in [3.8, 4) is 11.1 Å². The van der Waals surface area contributed by atoms with Gasteiger partial charge in [0.05, 0.1) is 12.3 Å². The van der Waals surface area contributed by atoms with Gasteiger partial charge in [-0.2, -0.15) is 13.2 Å². The lowest BCUT2D eigenvalue weighted by Crippen LogP contribution is -2.47. The summed E-state index contributed by atoms with van der Waals surface area (Å²) < 4.78 is 37.7. The molecule has 2 aromatic rings. The van der Waals surface area contributed by atoms with Crippen LogP contribution in [0.3, 0.4) is 0 Å². The molecule has 0 bridgehead atoms. The molecule has 1 aliphatic rings. The Bertz CT molecular complexity index is 883. The number of nitrogens with zero attached hydrogens (tertiary/aromatic N) is 3. The number of benzene rings is 1. The fraction of sp³-hybridized carbons (Fsp3) is 0.400. The summed E-state index contributed by atoms with van der Waals surface area (Å²) in [5.74, 6) is -2.78. The number of alkyl halides is 3. The minimum Gasteiger partial charge on any atom is -0.481 e. The predicted octanol–water partition coefficient (Wildman–Crippen LogP) is 3.42. The molecule has 1 saturated heterocycles. The molecule has 0 saturated carbocycles. The Balaban J connectivity index is 1.67. The molecule has 1 aromatic heterocycles. The van der Waals surface area contributed by atoms with Crippen molar-refractivity contribution in [2.24, 2.45) is 5.92 Å². The molecule has 1 fully saturated rings. The first-order chi connectivity index (χ1) is 13.6. The number of amides is 1. The topological polar surface area (TPSA) is 83.4 Å². The van der Waals surface area contributed by atoms with Crippen LogP contribution in [0.25, 0.3) is 11.1 Å². The highest BCUT2D eigenvalue weighted by atomic mass is 19.4. The summed E-state index contributed by atoms with van der Waals surface area (Å²) in [6.45, 7) is 2.11.